The molecule has 0 amide bonds. The van der Waals surface area contributed by atoms with Gasteiger partial charge in [0.25, 0.3) is 0 Å². The van der Waals surface area contributed by atoms with Crippen molar-refractivity contribution in [1.82, 2.24) is 0 Å². The Kier molecular flexibility index (Phi) is 4.77. The number of methoxy groups -OCH3 is 1. The van der Waals surface area contributed by atoms with Gasteiger partial charge in [-0.05, 0) is 23.8 Å². The lowest BCUT2D eigenvalue weighted by molar-refractivity contribution is -0.136. The topological polar surface area (TPSA) is 55.8 Å². The first-order chi connectivity index (χ1) is 10.1. The fraction of sp³-hybridized carbons (Fsp3) is 0.188. The Bertz CT molecular complexity index is 640. The highest BCUT2D eigenvalue weighted by Crippen LogP contribution is 2.22. The third kappa shape index (κ3) is 3.95. The summed E-state index contributed by atoms with van der Waals surface area (Å²) in [6, 6.07) is 11.6. The monoisotopic (exact) mass is 290 g/mol. The number of carbonyl (C=O) groups is 1. The average Bonchev–Trinajstić information content (AvgIpc) is 2.46. The van der Waals surface area contributed by atoms with Gasteiger partial charge in [-0.2, -0.15) is 0 Å². The van der Waals surface area contributed by atoms with Crippen LogP contribution in [0.3, 0.4) is 0 Å². The van der Waals surface area contributed by atoms with Gasteiger partial charge in [-0.25, -0.2) is 4.39 Å². The van der Waals surface area contributed by atoms with E-state index in [2.05, 4.69) is 0 Å². The predicted molar refractivity (Wildman–Crippen MR) is 75.1 cm³/mol. The summed E-state index contributed by atoms with van der Waals surface area (Å²) in [4.78, 5) is 10.7. The molecule has 0 saturated heterocycles. The molecular weight excluding hydrogens is 275 g/mol. The predicted octanol–water partition coefficient (Wildman–Crippen LogP) is 3.04. The van der Waals surface area contributed by atoms with Gasteiger partial charge in [0, 0.05) is 5.56 Å². The van der Waals surface area contributed by atoms with E-state index in [9.17, 15) is 9.18 Å². The molecule has 0 aromatic heterocycles. The van der Waals surface area contributed by atoms with Crippen LogP contribution >= 0.6 is 0 Å². The molecule has 0 spiro atoms. The van der Waals surface area contributed by atoms with E-state index in [1.165, 1.54) is 13.2 Å². The maximum Gasteiger partial charge on any atom is 0.307 e. The lowest BCUT2D eigenvalue weighted by Gasteiger charge is -2.10. The van der Waals surface area contributed by atoms with E-state index in [1.807, 2.05) is 0 Å². The van der Waals surface area contributed by atoms with Crippen LogP contribution in [-0.4, -0.2) is 18.2 Å². The lowest BCUT2D eigenvalue weighted by Crippen LogP contribution is -2.02. The molecule has 0 unspecified atom stereocenters. The van der Waals surface area contributed by atoms with Crippen molar-refractivity contribution in [2.24, 2.45) is 0 Å². The second kappa shape index (κ2) is 6.74. The molecule has 0 aliphatic carbocycles. The number of benzene rings is 2. The van der Waals surface area contributed by atoms with Crippen LogP contribution in [0.15, 0.2) is 42.5 Å². The Morgan fingerprint density at radius 3 is 2.71 bits per heavy atom. The molecule has 1 N–H and O–H groups in total. The molecule has 2 rings (SSSR count). The van der Waals surface area contributed by atoms with E-state index in [1.54, 1.807) is 36.4 Å². The van der Waals surface area contributed by atoms with E-state index in [0.717, 1.165) is 0 Å². The van der Waals surface area contributed by atoms with Crippen LogP contribution < -0.4 is 9.47 Å². The summed E-state index contributed by atoms with van der Waals surface area (Å²) >= 11 is 0. The van der Waals surface area contributed by atoms with E-state index < -0.39 is 11.8 Å². The van der Waals surface area contributed by atoms with E-state index in [-0.39, 0.29) is 18.8 Å². The summed E-state index contributed by atoms with van der Waals surface area (Å²) in [7, 11) is 1.40. The number of halogens is 1. The fourth-order valence-electron chi connectivity index (χ4n) is 1.91. The fourth-order valence-corrected chi connectivity index (χ4v) is 1.91. The van der Waals surface area contributed by atoms with Gasteiger partial charge in [0.2, 0.25) is 0 Å². The molecule has 2 aromatic carbocycles. The summed E-state index contributed by atoms with van der Waals surface area (Å²) in [5.74, 6) is -0.709. The van der Waals surface area contributed by atoms with Gasteiger partial charge in [0.05, 0.1) is 13.5 Å². The van der Waals surface area contributed by atoms with Crippen molar-refractivity contribution in [3.63, 3.8) is 0 Å². The number of aliphatic carboxylic acids is 1. The molecule has 0 bridgehead atoms. The van der Waals surface area contributed by atoms with Crippen LogP contribution in [-0.2, 0) is 17.8 Å². The molecule has 0 aliphatic rings. The molecule has 0 aliphatic heterocycles. The molecule has 110 valence electrons. The Labute approximate surface area is 121 Å². The second-order valence-electron chi connectivity index (χ2n) is 4.44. The van der Waals surface area contributed by atoms with Crippen molar-refractivity contribution in [3.8, 4) is 11.5 Å². The number of rotatable bonds is 6. The number of hydrogen-bond acceptors (Lipinski definition) is 3. The van der Waals surface area contributed by atoms with Crippen molar-refractivity contribution in [2.45, 2.75) is 13.0 Å². The van der Waals surface area contributed by atoms with Crippen LogP contribution in [0.4, 0.5) is 4.39 Å². The standard InChI is InChI=1S/C16H15FO4/c1-20-14-7-3-5-12(16(14)17)10-21-13-6-2-4-11(8-13)9-15(18)19/h2-8H,9-10H2,1H3,(H,18,19). The zero-order chi connectivity index (χ0) is 15.2. The van der Waals surface area contributed by atoms with Crippen LogP contribution in [0.1, 0.15) is 11.1 Å². The quantitative estimate of drug-likeness (QED) is 0.888. The SMILES string of the molecule is COc1cccc(COc2cccc(CC(=O)O)c2)c1F. The highest BCUT2D eigenvalue weighted by Gasteiger charge is 2.09. The van der Waals surface area contributed by atoms with Crippen LogP contribution in [0.5, 0.6) is 11.5 Å². The lowest BCUT2D eigenvalue weighted by atomic mass is 10.1. The van der Waals surface area contributed by atoms with Gasteiger partial charge >= 0.3 is 5.97 Å². The largest absolute Gasteiger partial charge is 0.494 e. The van der Waals surface area contributed by atoms with Gasteiger partial charge < -0.3 is 14.6 Å². The van der Waals surface area contributed by atoms with Gasteiger partial charge in [-0.3, -0.25) is 4.79 Å². The highest BCUT2D eigenvalue weighted by atomic mass is 19.1. The summed E-state index contributed by atoms with van der Waals surface area (Å²) < 4.78 is 24.4. The van der Waals surface area contributed by atoms with E-state index in [4.69, 9.17) is 14.6 Å². The third-order valence-corrected chi connectivity index (χ3v) is 2.91. The zero-order valence-corrected chi connectivity index (χ0v) is 11.5. The molecule has 0 atom stereocenters. The smallest absolute Gasteiger partial charge is 0.307 e. The minimum absolute atomic E-state index is 0.0412. The normalized spacial score (nSPS) is 10.2. The Balaban J connectivity index is 2.08. The van der Waals surface area contributed by atoms with Crippen LogP contribution in [0, 0.1) is 5.82 Å². The average molecular weight is 290 g/mol. The Hall–Kier alpha value is -2.56. The van der Waals surface area contributed by atoms with Crippen molar-refractivity contribution < 1.29 is 23.8 Å². The summed E-state index contributed by atoms with van der Waals surface area (Å²) in [5.41, 5.74) is 1.00. The molecule has 2 aromatic rings. The van der Waals surface area contributed by atoms with Gasteiger partial charge in [-0.1, -0.05) is 24.3 Å². The van der Waals surface area contributed by atoms with Crippen LogP contribution in [0.25, 0.3) is 0 Å². The maximum absolute atomic E-state index is 13.9. The van der Waals surface area contributed by atoms with E-state index in [0.29, 0.717) is 16.9 Å². The molecule has 0 fully saturated rings. The summed E-state index contributed by atoms with van der Waals surface area (Å²) in [6.07, 6.45) is -0.0786. The molecule has 0 radical (unpaired) electrons. The maximum atomic E-state index is 13.9. The Morgan fingerprint density at radius 2 is 2.00 bits per heavy atom. The van der Waals surface area contributed by atoms with Gasteiger partial charge in [0.1, 0.15) is 12.4 Å². The molecule has 0 saturated carbocycles. The Morgan fingerprint density at radius 1 is 1.24 bits per heavy atom. The highest BCUT2D eigenvalue weighted by molar-refractivity contribution is 5.70. The van der Waals surface area contributed by atoms with Gasteiger partial charge in [-0.15, -0.1) is 0 Å². The molecule has 5 heteroatoms. The van der Waals surface area contributed by atoms with Crippen molar-refractivity contribution in [3.05, 3.63) is 59.4 Å². The third-order valence-electron chi connectivity index (χ3n) is 2.91. The van der Waals surface area contributed by atoms with Crippen molar-refractivity contribution in [1.29, 1.82) is 0 Å². The van der Waals surface area contributed by atoms with Crippen molar-refractivity contribution in [2.75, 3.05) is 7.11 Å². The number of carboxylic acid groups (broad SMARTS) is 1. The first-order valence-electron chi connectivity index (χ1n) is 6.35. The summed E-state index contributed by atoms with van der Waals surface area (Å²) in [5, 5.41) is 8.76. The van der Waals surface area contributed by atoms with Crippen LogP contribution in [0.2, 0.25) is 0 Å². The van der Waals surface area contributed by atoms with E-state index >= 15 is 0 Å². The minimum atomic E-state index is -0.911. The van der Waals surface area contributed by atoms with Crippen molar-refractivity contribution >= 4 is 5.97 Å². The number of hydrogen-bond donors (Lipinski definition) is 1. The summed E-state index contributed by atoms with van der Waals surface area (Å²) in [6.45, 7) is 0.0412. The minimum Gasteiger partial charge on any atom is -0.494 e. The second-order valence-corrected chi connectivity index (χ2v) is 4.44. The molecule has 4 nitrogen and oxygen atoms in total. The number of ether oxygens (including phenoxy) is 2. The first kappa shape index (κ1) is 14.8. The molecule has 21 heavy (non-hydrogen) atoms. The molecular formula is C16H15FO4. The molecule has 0 heterocycles. The number of carboxylic acids is 1. The van der Waals surface area contributed by atoms with Gasteiger partial charge in [0.15, 0.2) is 11.6 Å². The zero-order valence-electron chi connectivity index (χ0n) is 11.5. The first-order valence-corrected chi connectivity index (χ1v) is 6.35.